The number of hydrogen-bond acceptors (Lipinski definition) is 3. The van der Waals surface area contributed by atoms with Crippen LogP contribution in [0.3, 0.4) is 0 Å². The first-order valence-electron chi connectivity index (χ1n) is 5.83. The molecule has 0 aromatic heterocycles. The summed E-state index contributed by atoms with van der Waals surface area (Å²) in [4.78, 5) is 12.0. The van der Waals surface area contributed by atoms with Crippen molar-refractivity contribution in [1.82, 2.24) is 0 Å². The summed E-state index contributed by atoms with van der Waals surface area (Å²) in [5, 5.41) is 2.51. The zero-order valence-electron chi connectivity index (χ0n) is 9.98. The Bertz CT molecular complexity index is 541. The van der Waals surface area contributed by atoms with Crippen LogP contribution >= 0.6 is 23.4 Å². The summed E-state index contributed by atoms with van der Waals surface area (Å²) in [6, 6.07) is 5.82. The van der Waals surface area contributed by atoms with Crippen molar-refractivity contribution >= 4 is 29.1 Å². The van der Waals surface area contributed by atoms with Crippen molar-refractivity contribution in [2.75, 3.05) is 12.9 Å². The third-order valence-corrected chi connectivity index (χ3v) is 5.11. The van der Waals surface area contributed by atoms with Crippen LogP contribution in [0.5, 0.6) is 5.75 Å². The van der Waals surface area contributed by atoms with E-state index in [2.05, 4.69) is 0 Å². The molecule has 2 aliphatic rings. The van der Waals surface area contributed by atoms with E-state index in [0.29, 0.717) is 16.7 Å². The van der Waals surface area contributed by atoms with Gasteiger partial charge in [-0.05, 0) is 41.5 Å². The Labute approximate surface area is 115 Å². The standard InChI is InChI=1S/C14H13ClO2S/c1-17-12-3-2-9(6-11(12)15)10-7-14(10)8-18-5-4-13(14)16/h2-6,10H,7-8H2,1H3/t10-,14-/m1/s1. The van der Waals surface area contributed by atoms with Crippen molar-refractivity contribution in [2.45, 2.75) is 12.3 Å². The number of ketones is 1. The summed E-state index contributed by atoms with van der Waals surface area (Å²) in [5.74, 6) is 2.14. The lowest BCUT2D eigenvalue weighted by Gasteiger charge is -2.16. The quantitative estimate of drug-likeness (QED) is 0.827. The molecule has 0 bridgehead atoms. The second-order valence-corrected chi connectivity index (χ2v) is 6.09. The molecule has 1 aliphatic heterocycles. The van der Waals surface area contributed by atoms with Gasteiger partial charge in [-0.25, -0.2) is 0 Å². The lowest BCUT2D eigenvalue weighted by atomic mass is 9.96. The largest absolute Gasteiger partial charge is 0.495 e. The fourth-order valence-corrected chi connectivity index (χ4v) is 3.96. The SMILES string of the molecule is COc1ccc([C@H]2C[C@@]23CSC=CC3=O)cc1Cl. The number of rotatable bonds is 2. The van der Waals surface area contributed by atoms with Crippen molar-refractivity contribution in [2.24, 2.45) is 5.41 Å². The normalized spacial score (nSPS) is 29.7. The van der Waals surface area contributed by atoms with Gasteiger partial charge in [0.05, 0.1) is 12.1 Å². The Kier molecular flexibility index (Phi) is 2.91. The van der Waals surface area contributed by atoms with Crippen LogP contribution in [0.15, 0.2) is 29.7 Å². The number of halogens is 1. The Hall–Kier alpha value is -0.930. The molecule has 0 unspecified atom stereocenters. The van der Waals surface area contributed by atoms with Crippen LogP contribution in [0.2, 0.25) is 5.02 Å². The molecule has 1 aliphatic carbocycles. The number of thioether (sulfide) groups is 1. The smallest absolute Gasteiger partial charge is 0.163 e. The Morgan fingerprint density at radius 3 is 3.00 bits per heavy atom. The second kappa shape index (κ2) is 4.32. The molecule has 94 valence electrons. The van der Waals surface area contributed by atoms with E-state index >= 15 is 0 Å². The highest BCUT2D eigenvalue weighted by Crippen LogP contribution is 2.63. The molecule has 0 radical (unpaired) electrons. The van der Waals surface area contributed by atoms with E-state index in [0.717, 1.165) is 17.7 Å². The van der Waals surface area contributed by atoms with Gasteiger partial charge in [0.15, 0.2) is 5.78 Å². The van der Waals surface area contributed by atoms with Gasteiger partial charge >= 0.3 is 0 Å². The van der Waals surface area contributed by atoms with Crippen molar-refractivity contribution in [3.8, 4) is 5.75 Å². The molecule has 0 N–H and O–H groups in total. The molecule has 4 heteroatoms. The fraction of sp³-hybridized carbons (Fsp3) is 0.357. The molecule has 1 saturated carbocycles. The molecule has 1 fully saturated rings. The molecular weight excluding hydrogens is 268 g/mol. The van der Waals surface area contributed by atoms with Gasteiger partial charge in [0.1, 0.15) is 5.75 Å². The predicted octanol–water partition coefficient (Wildman–Crippen LogP) is 3.65. The van der Waals surface area contributed by atoms with Gasteiger partial charge in [0.2, 0.25) is 0 Å². The van der Waals surface area contributed by atoms with E-state index in [1.165, 1.54) is 0 Å². The molecule has 0 saturated heterocycles. The molecule has 18 heavy (non-hydrogen) atoms. The Morgan fingerprint density at radius 2 is 2.33 bits per heavy atom. The average molecular weight is 281 g/mol. The van der Waals surface area contributed by atoms with Gasteiger partial charge in [0, 0.05) is 11.2 Å². The highest BCUT2D eigenvalue weighted by molar-refractivity contribution is 8.02. The lowest BCUT2D eigenvalue weighted by Crippen LogP contribution is -2.20. The summed E-state index contributed by atoms with van der Waals surface area (Å²) in [6.45, 7) is 0. The zero-order valence-corrected chi connectivity index (χ0v) is 11.6. The first-order valence-corrected chi connectivity index (χ1v) is 7.26. The number of benzene rings is 1. The van der Waals surface area contributed by atoms with Crippen molar-refractivity contribution in [3.63, 3.8) is 0 Å². The molecule has 0 amide bonds. The minimum Gasteiger partial charge on any atom is -0.495 e. The van der Waals surface area contributed by atoms with Crippen molar-refractivity contribution < 1.29 is 9.53 Å². The first-order chi connectivity index (χ1) is 8.67. The lowest BCUT2D eigenvalue weighted by molar-refractivity contribution is -0.118. The van der Waals surface area contributed by atoms with Gasteiger partial charge in [-0.2, -0.15) is 0 Å². The fourth-order valence-electron chi connectivity index (χ4n) is 2.62. The summed E-state index contributed by atoms with van der Waals surface area (Å²) in [5.41, 5.74) is 0.974. The van der Waals surface area contributed by atoms with Crippen LogP contribution in [0.4, 0.5) is 0 Å². The van der Waals surface area contributed by atoms with Crippen LogP contribution < -0.4 is 4.74 Å². The maximum absolute atomic E-state index is 12.0. The number of carbonyl (C=O) groups excluding carboxylic acids is 1. The molecular formula is C14H13ClO2S. The molecule has 2 atom stereocenters. The number of carbonyl (C=O) groups is 1. The maximum Gasteiger partial charge on any atom is 0.163 e. The van der Waals surface area contributed by atoms with E-state index in [1.807, 2.05) is 23.6 Å². The van der Waals surface area contributed by atoms with E-state index in [4.69, 9.17) is 16.3 Å². The predicted molar refractivity (Wildman–Crippen MR) is 74.4 cm³/mol. The maximum atomic E-state index is 12.0. The summed E-state index contributed by atoms with van der Waals surface area (Å²) < 4.78 is 5.14. The molecule has 1 heterocycles. The molecule has 2 nitrogen and oxygen atoms in total. The van der Waals surface area contributed by atoms with E-state index < -0.39 is 0 Å². The van der Waals surface area contributed by atoms with Crippen molar-refractivity contribution in [1.29, 1.82) is 0 Å². The van der Waals surface area contributed by atoms with Crippen LogP contribution in [0, 0.1) is 5.41 Å². The van der Waals surface area contributed by atoms with Gasteiger partial charge < -0.3 is 4.74 Å². The van der Waals surface area contributed by atoms with E-state index in [-0.39, 0.29) is 11.2 Å². The van der Waals surface area contributed by atoms with Crippen molar-refractivity contribution in [3.05, 3.63) is 40.3 Å². The Balaban J connectivity index is 1.88. The summed E-state index contributed by atoms with van der Waals surface area (Å²) in [6.07, 6.45) is 2.64. The van der Waals surface area contributed by atoms with Crippen LogP contribution in [-0.2, 0) is 4.79 Å². The van der Waals surface area contributed by atoms with Crippen LogP contribution in [-0.4, -0.2) is 18.6 Å². The molecule has 1 spiro atoms. The van der Waals surface area contributed by atoms with Gasteiger partial charge in [-0.1, -0.05) is 17.7 Å². The third kappa shape index (κ3) is 1.77. The Morgan fingerprint density at radius 1 is 1.50 bits per heavy atom. The first kappa shape index (κ1) is 12.1. The highest BCUT2D eigenvalue weighted by atomic mass is 35.5. The van der Waals surface area contributed by atoms with E-state index in [1.54, 1.807) is 24.9 Å². The molecule has 1 aromatic carbocycles. The van der Waals surface area contributed by atoms with Gasteiger partial charge in [0.25, 0.3) is 0 Å². The molecule has 3 rings (SSSR count). The average Bonchev–Trinajstić information content (AvgIpc) is 3.09. The van der Waals surface area contributed by atoms with E-state index in [9.17, 15) is 4.79 Å². The van der Waals surface area contributed by atoms with Crippen LogP contribution in [0.1, 0.15) is 17.9 Å². The minimum absolute atomic E-state index is 0.169. The van der Waals surface area contributed by atoms with Gasteiger partial charge in [-0.3, -0.25) is 4.79 Å². The number of ether oxygens (including phenoxy) is 1. The summed E-state index contributed by atoms with van der Waals surface area (Å²) in [7, 11) is 1.60. The number of allylic oxidation sites excluding steroid dienone is 1. The topological polar surface area (TPSA) is 26.3 Å². The zero-order chi connectivity index (χ0) is 12.8. The highest BCUT2D eigenvalue weighted by Gasteiger charge is 2.59. The number of methoxy groups -OCH3 is 1. The molecule has 1 aromatic rings. The van der Waals surface area contributed by atoms with Gasteiger partial charge in [-0.15, -0.1) is 11.8 Å². The minimum atomic E-state index is -0.169. The third-order valence-electron chi connectivity index (χ3n) is 3.80. The monoisotopic (exact) mass is 280 g/mol. The summed E-state index contributed by atoms with van der Waals surface area (Å²) >= 11 is 7.86. The van der Waals surface area contributed by atoms with Crippen LogP contribution in [0.25, 0.3) is 0 Å². The number of hydrogen-bond donors (Lipinski definition) is 0. The second-order valence-electron chi connectivity index (χ2n) is 4.78.